The van der Waals surface area contributed by atoms with Gasteiger partial charge < -0.3 is 18.6 Å². The highest BCUT2D eigenvalue weighted by molar-refractivity contribution is 5.92. The molecule has 37 heavy (non-hydrogen) atoms. The average molecular weight is 512 g/mol. The van der Waals surface area contributed by atoms with Gasteiger partial charge in [0.2, 0.25) is 11.2 Å². The van der Waals surface area contributed by atoms with Crippen LogP contribution >= 0.6 is 0 Å². The van der Waals surface area contributed by atoms with Crippen LogP contribution in [0.1, 0.15) is 39.0 Å². The number of hydrogen-bond donors (Lipinski definition) is 0. The van der Waals surface area contributed by atoms with Gasteiger partial charge in [-0.3, -0.25) is 4.79 Å². The molecule has 0 amide bonds. The standard InChI is InChI=1S/C27H19F3O7/c1-3-34-25(32)16-8-10-18(11-9-16)35-23-22(31)20-13-12-19(14-21(20)37-24(23)27(28,29)30)36-26(33)17-6-4-15(2)5-7-17/h4-14H,3H2,1-2H3. The molecule has 0 aliphatic rings. The maximum Gasteiger partial charge on any atom is 0.453 e. The summed E-state index contributed by atoms with van der Waals surface area (Å²) in [5.41, 5.74) is -0.211. The van der Waals surface area contributed by atoms with Gasteiger partial charge in [-0.15, -0.1) is 0 Å². The summed E-state index contributed by atoms with van der Waals surface area (Å²) < 4.78 is 61.9. The highest BCUT2D eigenvalue weighted by Gasteiger charge is 2.40. The van der Waals surface area contributed by atoms with Gasteiger partial charge >= 0.3 is 18.1 Å². The summed E-state index contributed by atoms with van der Waals surface area (Å²) >= 11 is 0. The van der Waals surface area contributed by atoms with Crippen molar-refractivity contribution >= 4 is 22.9 Å². The first-order valence-electron chi connectivity index (χ1n) is 11.0. The summed E-state index contributed by atoms with van der Waals surface area (Å²) in [5.74, 6) is -4.33. The van der Waals surface area contributed by atoms with E-state index in [9.17, 15) is 27.6 Å². The lowest BCUT2D eigenvalue weighted by atomic mass is 10.1. The topological polar surface area (TPSA) is 92.0 Å². The van der Waals surface area contributed by atoms with Crippen LogP contribution in [0.5, 0.6) is 17.2 Å². The minimum absolute atomic E-state index is 0.113. The Morgan fingerprint density at radius 3 is 2.08 bits per heavy atom. The molecule has 1 heterocycles. The van der Waals surface area contributed by atoms with Crippen molar-refractivity contribution in [2.45, 2.75) is 20.0 Å². The number of esters is 2. The Kier molecular flexibility index (Phi) is 7.01. The zero-order chi connectivity index (χ0) is 26.7. The fraction of sp³-hybridized carbons (Fsp3) is 0.148. The van der Waals surface area contributed by atoms with E-state index in [1.54, 1.807) is 31.2 Å². The molecule has 0 aliphatic carbocycles. The van der Waals surface area contributed by atoms with Gasteiger partial charge in [0.25, 0.3) is 5.76 Å². The van der Waals surface area contributed by atoms with Crippen LogP contribution in [-0.4, -0.2) is 18.5 Å². The van der Waals surface area contributed by atoms with E-state index >= 15 is 0 Å². The van der Waals surface area contributed by atoms with Gasteiger partial charge in [0.05, 0.1) is 23.1 Å². The lowest BCUT2D eigenvalue weighted by molar-refractivity contribution is -0.154. The Morgan fingerprint density at radius 1 is 0.865 bits per heavy atom. The zero-order valence-corrected chi connectivity index (χ0v) is 19.5. The summed E-state index contributed by atoms with van der Waals surface area (Å²) in [6, 6.07) is 15.0. The number of fused-ring (bicyclic) bond motifs is 1. The van der Waals surface area contributed by atoms with Crippen LogP contribution in [0.15, 0.2) is 75.9 Å². The second-order valence-electron chi connectivity index (χ2n) is 7.85. The number of alkyl halides is 3. The number of benzene rings is 3. The number of rotatable bonds is 6. The third-order valence-corrected chi connectivity index (χ3v) is 5.16. The van der Waals surface area contributed by atoms with E-state index in [-0.39, 0.29) is 34.6 Å². The Morgan fingerprint density at radius 2 is 1.46 bits per heavy atom. The average Bonchev–Trinajstić information content (AvgIpc) is 2.86. The van der Waals surface area contributed by atoms with Crippen molar-refractivity contribution in [3.05, 3.63) is 99.4 Å². The van der Waals surface area contributed by atoms with Crippen LogP contribution in [0.2, 0.25) is 0 Å². The highest BCUT2D eigenvalue weighted by atomic mass is 19.4. The Bertz CT molecular complexity index is 1520. The number of halogens is 3. The van der Waals surface area contributed by atoms with Crippen molar-refractivity contribution in [2.75, 3.05) is 6.61 Å². The first-order valence-corrected chi connectivity index (χ1v) is 11.0. The molecular weight excluding hydrogens is 493 g/mol. The number of hydrogen-bond acceptors (Lipinski definition) is 7. The first kappa shape index (κ1) is 25.5. The van der Waals surface area contributed by atoms with E-state index in [0.29, 0.717) is 0 Å². The molecular formula is C27H19F3O7. The predicted octanol–water partition coefficient (Wildman–Crippen LogP) is 6.31. The molecule has 0 spiro atoms. The number of carbonyl (C=O) groups excluding carboxylic acids is 2. The summed E-state index contributed by atoms with van der Waals surface area (Å²) in [7, 11) is 0. The van der Waals surface area contributed by atoms with E-state index < -0.39 is 40.6 Å². The molecule has 7 nitrogen and oxygen atoms in total. The molecule has 0 N–H and O–H groups in total. The molecule has 0 saturated carbocycles. The number of ether oxygens (including phenoxy) is 3. The van der Waals surface area contributed by atoms with Gasteiger partial charge in [-0.05, 0) is 62.4 Å². The van der Waals surface area contributed by atoms with Crippen molar-refractivity contribution < 1.29 is 41.4 Å². The Hall–Kier alpha value is -4.60. The summed E-state index contributed by atoms with van der Waals surface area (Å²) in [4.78, 5) is 37.1. The summed E-state index contributed by atoms with van der Waals surface area (Å²) in [6.07, 6.45) is -5.08. The van der Waals surface area contributed by atoms with Crippen molar-refractivity contribution in [3.63, 3.8) is 0 Å². The highest BCUT2D eigenvalue weighted by Crippen LogP contribution is 2.38. The van der Waals surface area contributed by atoms with Crippen LogP contribution in [0.4, 0.5) is 13.2 Å². The van der Waals surface area contributed by atoms with E-state index in [2.05, 4.69) is 0 Å². The minimum atomic E-state index is -5.08. The molecule has 0 unspecified atom stereocenters. The monoisotopic (exact) mass is 512 g/mol. The molecule has 0 radical (unpaired) electrons. The smallest absolute Gasteiger partial charge is 0.453 e. The lowest BCUT2D eigenvalue weighted by Gasteiger charge is -2.14. The molecule has 10 heteroatoms. The van der Waals surface area contributed by atoms with Gasteiger partial charge in [-0.2, -0.15) is 13.2 Å². The molecule has 3 aromatic carbocycles. The van der Waals surface area contributed by atoms with Gasteiger partial charge in [-0.25, -0.2) is 9.59 Å². The SMILES string of the molecule is CCOC(=O)c1ccc(Oc2c(C(F)(F)F)oc3cc(OC(=O)c4ccc(C)cc4)ccc3c2=O)cc1. The van der Waals surface area contributed by atoms with Gasteiger partial charge in [0, 0.05) is 6.07 Å². The molecule has 0 atom stereocenters. The minimum Gasteiger partial charge on any atom is -0.462 e. The maximum absolute atomic E-state index is 13.8. The fourth-order valence-corrected chi connectivity index (χ4v) is 3.35. The van der Waals surface area contributed by atoms with Gasteiger partial charge in [0.1, 0.15) is 17.1 Å². The number of carbonyl (C=O) groups is 2. The molecule has 0 aliphatic heterocycles. The van der Waals surface area contributed by atoms with Crippen molar-refractivity contribution in [1.29, 1.82) is 0 Å². The van der Waals surface area contributed by atoms with Crippen LogP contribution in [0, 0.1) is 6.92 Å². The molecule has 0 fully saturated rings. The van der Waals surface area contributed by atoms with Crippen molar-refractivity contribution in [3.8, 4) is 17.2 Å². The lowest BCUT2D eigenvalue weighted by Crippen LogP contribution is -2.15. The second-order valence-corrected chi connectivity index (χ2v) is 7.85. The number of aryl methyl sites for hydroxylation is 1. The van der Waals surface area contributed by atoms with Crippen LogP contribution in [-0.2, 0) is 10.9 Å². The third-order valence-electron chi connectivity index (χ3n) is 5.16. The predicted molar refractivity (Wildman–Crippen MR) is 126 cm³/mol. The van der Waals surface area contributed by atoms with E-state index in [0.717, 1.165) is 11.6 Å². The second kappa shape index (κ2) is 10.2. The fourth-order valence-electron chi connectivity index (χ4n) is 3.35. The maximum atomic E-state index is 13.8. The van der Waals surface area contributed by atoms with E-state index in [1.165, 1.54) is 36.4 Å². The zero-order valence-electron chi connectivity index (χ0n) is 19.5. The van der Waals surface area contributed by atoms with Crippen molar-refractivity contribution in [1.82, 2.24) is 0 Å². The van der Waals surface area contributed by atoms with Crippen LogP contribution < -0.4 is 14.9 Å². The molecule has 0 saturated heterocycles. The quantitative estimate of drug-likeness (QED) is 0.221. The van der Waals surface area contributed by atoms with Crippen LogP contribution in [0.3, 0.4) is 0 Å². The molecule has 4 aromatic rings. The first-order chi connectivity index (χ1) is 17.6. The normalized spacial score (nSPS) is 11.3. The van der Waals surface area contributed by atoms with Crippen molar-refractivity contribution in [2.24, 2.45) is 0 Å². The summed E-state index contributed by atoms with van der Waals surface area (Å²) in [6.45, 7) is 3.62. The molecule has 190 valence electrons. The third kappa shape index (κ3) is 5.64. The summed E-state index contributed by atoms with van der Waals surface area (Å²) in [5, 5.41) is -0.221. The van der Waals surface area contributed by atoms with Gasteiger partial charge in [-0.1, -0.05) is 17.7 Å². The Balaban J connectivity index is 1.68. The molecule has 0 bridgehead atoms. The van der Waals surface area contributed by atoms with E-state index in [4.69, 9.17) is 18.6 Å². The van der Waals surface area contributed by atoms with Crippen LogP contribution in [0.25, 0.3) is 11.0 Å². The Labute approximate surface area is 208 Å². The van der Waals surface area contributed by atoms with E-state index in [1.807, 2.05) is 6.92 Å². The molecule has 4 rings (SSSR count). The van der Waals surface area contributed by atoms with Gasteiger partial charge in [0.15, 0.2) is 0 Å². The largest absolute Gasteiger partial charge is 0.462 e. The molecule has 1 aromatic heterocycles.